The van der Waals surface area contributed by atoms with Crippen molar-refractivity contribution in [3.63, 3.8) is 0 Å². The maximum atomic E-state index is 15.1. The van der Waals surface area contributed by atoms with Crippen LogP contribution in [0.5, 0.6) is 0 Å². The van der Waals surface area contributed by atoms with Gasteiger partial charge in [0.25, 0.3) is 5.92 Å². The lowest BCUT2D eigenvalue weighted by molar-refractivity contribution is -0.174. The molecule has 0 radical (unpaired) electrons. The monoisotopic (exact) mass is 512 g/mol. The first-order valence-electron chi connectivity index (χ1n) is 13.6. The Kier molecular flexibility index (Phi) is 7.13. The van der Waals surface area contributed by atoms with Gasteiger partial charge < -0.3 is 14.2 Å². The number of carbonyl (C=O) groups excluding carboxylic acids is 1. The Labute approximate surface area is 211 Å². The highest BCUT2D eigenvalue weighted by Crippen LogP contribution is 2.45. The summed E-state index contributed by atoms with van der Waals surface area (Å²) in [4.78, 5) is 21.6. The van der Waals surface area contributed by atoms with Crippen LogP contribution in [0.25, 0.3) is 0 Å². The summed E-state index contributed by atoms with van der Waals surface area (Å²) < 4.78 is 55.0. The van der Waals surface area contributed by atoms with Gasteiger partial charge in [0.05, 0.1) is 24.0 Å². The summed E-state index contributed by atoms with van der Waals surface area (Å²) in [5.74, 6) is -3.63. The molecule has 2 saturated carbocycles. The first-order chi connectivity index (χ1) is 17.1. The Bertz CT molecular complexity index is 933. The first-order valence-corrected chi connectivity index (χ1v) is 13.6. The van der Waals surface area contributed by atoms with Crippen molar-refractivity contribution in [2.24, 2.45) is 5.92 Å². The topological polar surface area (TPSA) is 71.7 Å². The second kappa shape index (κ2) is 9.89. The predicted molar refractivity (Wildman–Crippen MR) is 127 cm³/mol. The van der Waals surface area contributed by atoms with Crippen LogP contribution in [-0.2, 0) is 14.9 Å². The summed E-state index contributed by atoms with van der Waals surface area (Å²) >= 11 is 0. The molecule has 5 atom stereocenters. The molecule has 5 rings (SSSR count). The largest absolute Gasteiger partial charge is 0.373 e. The number of nitrogens with zero attached hydrogens (tertiary/aromatic N) is 4. The Morgan fingerprint density at radius 2 is 1.92 bits per heavy atom. The molecule has 2 aliphatic heterocycles. The van der Waals surface area contributed by atoms with E-state index in [9.17, 15) is 9.18 Å². The number of halogens is 3. The number of alkyl halides is 3. The number of piperidine rings is 1. The normalized spacial score (nSPS) is 34.3. The minimum Gasteiger partial charge on any atom is -0.373 e. The Hall–Kier alpha value is -1.68. The molecule has 3 heterocycles. The van der Waals surface area contributed by atoms with Crippen LogP contribution in [0.4, 0.5) is 13.2 Å². The molecule has 2 saturated heterocycles. The third kappa shape index (κ3) is 5.30. The van der Waals surface area contributed by atoms with E-state index in [1.165, 1.54) is 0 Å². The second-order valence-electron chi connectivity index (χ2n) is 11.9. The summed E-state index contributed by atoms with van der Waals surface area (Å²) in [6.45, 7) is 8.85. The molecule has 10 heteroatoms. The lowest BCUT2D eigenvalue weighted by Crippen LogP contribution is -2.49. The van der Waals surface area contributed by atoms with Gasteiger partial charge in [-0.2, -0.15) is 4.98 Å². The lowest BCUT2D eigenvalue weighted by Gasteiger charge is -2.41. The molecular formula is C26H39F3N4O3. The fraction of sp³-hybridized carbons (Fsp3) is 0.885. The Morgan fingerprint density at radius 3 is 2.56 bits per heavy atom. The smallest absolute Gasteiger partial charge is 0.253 e. The molecular weight excluding hydrogens is 473 g/mol. The van der Waals surface area contributed by atoms with Crippen molar-refractivity contribution in [3.05, 3.63) is 11.7 Å². The van der Waals surface area contributed by atoms with Gasteiger partial charge in [-0.05, 0) is 52.4 Å². The number of aromatic nitrogens is 2. The minimum absolute atomic E-state index is 0.0530. The van der Waals surface area contributed by atoms with E-state index in [1.807, 2.05) is 6.92 Å². The molecule has 202 valence electrons. The average Bonchev–Trinajstić information content (AvgIpc) is 3.20. The number of likely N-dealkylation sites (tertiary alicyclic amines) is 2. The van der Waals surface area contributed by atoms with Crippen LogP contribution in [0.2, 0.25) is 0 Å². The molecule has 7 nitrogen and oxygen atoms in total. The highest BCUT2D eigenvalue weighted by atomic mass is 19.3. The molecule has 0 unspecified atom stereocenters. The van der Waals surface area contributed by atoms with Gasteiger partial charge in [-0.15, -0.1) is 0 Å². The van der Waals surface area contributed by atoms with Crippen LogP contribution in [-0.4, -0.2) is 82.4 Å². The van der Waals surface area contributed by atoms with E-state index >= 15 is 8.78 Å². The summed E-state index contributed by atoms with van der Waals surface area (Å²) in [6.07, 6.45) is 1.54. The van der Waals surface area contributed by atoms with E-state index in [0.29, 0.717) is 63.0 Å². The van der Waals surface area contributed by atoms with Crippen molar-refractivity contribution in [1.29, 1.82) is 0 Å². The van der Waals surface area contributed by atoms with Crippen LogP contribution in [0.1, 0.15) is 89.8 Å². The van der Waals surface area contributed by atoms with Crippen molar-refractivity contribution in [1.82, 2.24) is 19.9 Å². The summed E-state index contributed by atoms with van der Waals surface area (Å²) in [6, 6.07) is 0.405. The molecule has 4 aliphatic rings. The molecule has 36 heavy (non-hydrogen) atoms. The zero-order valence-electron chi connectivity index (χ0n) is 21.6. The van der Waals surface area contributed by atoms with Crippen molar-refractivity contribution < 1.29 is 27.2 Å². The number of amides is 1. The molecule has 4 fully saturated rings. The van der Waals surface area contributed by atoms with E-state index in [2.05, 4.69) is 28.9 Å². The van der Waals surface area contributed by atoms with Crippen LogP contribution in [0.15, 0.2) is 4.52 Å². The lowest BCUT2D eigenvalue weighted by atomic mass is 9.78. The van der Waals surface area contributed by atoms with Crippen molar-refractivity contribution in [2.45, 2.75) is 114 Å². The maximum absolute atomic E-state index is 15.1. The van der Waals surface area contributed by atoms with Gasteiger partial charge in [0, 0.05) is 50.5 Å². The molecule has 0 spiro atoms. The first kappa shape index (κ1) is 25.9. The third-order valence-corrected chi connectivity index (χ3v) is 8.89. The number of rotatable bonds is 7. The highest BCUT2D eigenvalue weighted by Gasteiger charge is 2.50. The van der Waals surface area contributed by atoms with Crippen molar-refractivity contribution >= 4 is 5.91 Å². The zero-order valence-corrected chi connectivity index (χ0v) is 21.6. The molecule has 2 aliphatic carbocycles. The van der Waals surface area contributed by atoms with Gasteiger partial charge in [-0.3, -0.25) is 9.69 Å². The van der Waals surface area contributed by atoms with E-state index < -0.39 is 24.1 Å². The molecule has 1 aromatic heterocycles. The van der Waals surface area contributed by atoms with Gasteiger partial charge in [-0.25, -0.2) is 13.2 Å². The van der Waals surface area contributed by atoms with E-state index in [1.54, 1.807) is 4.90 Å². The van der Waals surface area contributed by atoms with Crippen molar-refractivity contribution in [2.75, 3.05) is 26.2 Å². The minimum atomic E-state index is -2.91. The second-order valence-corrected chi connectivity index (χ2v) is 11.9. The van der Waals surface area contributed by atoms with Crippen molar-refractivity contribution in [3.8, 4) is 0 Å². The number of ether oxygens (including phenoxy) is 1. The van der Waals surface area contributed by atoms with Crippen LogP contribution < -0.4 is 0 Å². The summed E-state index contributed by atoms with van der Waals surface area (Å²) in [5.41, 5.74) is -0.385. The SMILES string of the molecule is CC(C)N1CC[C@H](O[C@H]2CCCC(F)(F)[C@@H]2CC(=O)N2CCC(C)(c3noc([C@@H]4C[C@@H]4F)n3)CC2)C1. The number of carbonyl (C=O) groups is 1. The van der Waals surface area contributed by atoms with Crippen LogP contribution >= 0.6 is 0 Å². The zero-order chi connectivity index (χ0) is 25.7. The van der Waals surface area contributed by atoms with Gasteiger partial charge in [0.15, 0.2) is 5.82 Å². The summed E-state index contributed by atoms with van der Waals surface area (Å²) in [5, 5.41) is 4.09. The summed E-state index contributed by atoms with van der Waals surface area (Å²) in [7, 11) is 0. The Balaban J connectivity index is 1.18. The molecule has 1 aromatic rings. The maximum Gasteiger partial charge on any atom is 0.253 e. The average molecular weight is 513 g/mol. The molecule has 1 amide bonds. The molecule has 0 aromatic carbocycles. The third-order valence-electron chi connectivity index (χ3n) is 8.89. The van der Waals surface area contributed by atoms with Gasteiger partial charge in [0.2, 0.25) is 11.8 Å². The highest BCUT2D eigenvalue weighted by molar-refractivity contribution is 5.76. The Morgan fingerprint density at radius 1 is 1.19 bits per heavy atom. The van der Waals surface area contributed by atoms with Crippen LogP contribution in [0, 0.1) is 5.92 Å². The standard InChI is InChI=1S/C26H39F3N4O3/c1-16(2)33-10-6-17(15-33)35-21-5-4-7-26(28,29)19(21)14-22(34)32-11-8-25(3,9-12-32)24-30-23(36-31-24)18-13-20(18)27/h16-21H,4-15H2,1-3H3/t17-,18+,19+,20-,21-/m0/s1. The van der Waals surface area contributed by atoms with Crippen LogP contribution in [0.3, 0.4) is 0 Å². The van der Waals surface area contributed by atoms with Gasteiger partial charge in [-0.1, -0.05) is 12.1 Å². The fourth-order valence-corrected chi connectivity index (χ4v) is 6.06. The van der Waals surface area contributed by atoms with Gasteiger partial charge in [0.1, 0.15) is 6.17 Å². The van der Waals surface area contributed by atoms with E-state index in [4.69, 9.17) is 9.26 Å². The number of hydrogen-bond donors (Lipinski definition) is 0. The number of hydrogen-bond acceptors (Lipinski definition) is 6. The fourth-order valence-electron chi connectivity index (χ4n) is 6.06. The molecule has 0 N–H and O–H groups in total. The van der Waals surface area contributed by atoms with E-state index in [0.717, 1.165) is 19.5 Å². The van der Waals surface area contributed by atoms with E-state index in [-0.39, 0.29) is 36.2 Å². The quantitative estimate of drug-likeness (QED) is 0.537. The molecule has 0 bridgehead atoms. The predicted octanol–water partition coefficient (Wildman–Crippen LogP) is 4.47. The van der Waals surface area contributed by atoms with Gasteiger partial charge >= 0.3 is 0 Å².